The molecule has 1 N–H and O–H groups in total. The van der Waals surface area contributed by atoms with Gasteiger partial charge < -0.3 is 5.32 Å². The van der Waals surface area contributed by atoms with Gasteiger partial charge in [-0.1, -0.05) is 24.3 Å². The third-order valence-corrected chi connectivity index (χ3v) is 2.73. The second-order valence-corrected chi connectivity index (χ2v) is 4.22. The molecule has 1 aromatic carbocycles. The van der Waals surface area contributed by atoms with Crippen molar-refractivity contribution in [3.63, 3.8) is 0 Å². The summed E-state index contributed by atoms with van der Waals surface area (Å²) in [6, 6.07) is 12.0. The number of carbonyl (C=O) groups excluding carboxylic acids is 1. The SMILES string of the molecule is Cl.O=C(C=Cc1ccccc1F)NCCc1ccccn1. The Kier molecular flexibility index (Phi) is 7.12. The minimum Gasteiger partial charge on any atom is -0.352 e. The van der Waals surface area contributed by atoms with Gasteiger partial charge in [0, 0.05) is 36.5 Å². The van der Waals surface area contributed by atoms with E-state index in [0.717, 1.165) is 5.69 Å². The number of carbonyl (C=O) groups is 1. The van der Waals surface area contributed by atoms with Crippen LogP contribution in [0.25, 0.3) is 6.08 Å². The van der Waals surface area contributed by atoms with Gasteiger partial charge in [-0.05, 0) is 24.3 Å². The topological polar surface area (TPSA) is 42.0 Å². The lowest BCUT2D eigenvalue weighted by Crippen LogP contribution is -2.23. The van der Waals surface area contributed by atoms with Crippen LogP contribution in [0.3, 0.4) is 0 Å². The lowest BCUT2D eigenvalue weighted by Gasteiger charge is -2.01. The Hall–Kier alpha value is -2.20. The molecule has 0 spiro atoms. The van der Waals surface area contributed by atoms with Gasteiger partial charge in [0.1, 0.15) is 5.82 Å². The maximum Gasteiger partial charge on any atom is 0.244 e. The van der Waals surface area contributed by atoms with E-state index in [2.05, 4.69) is 10.3 Å². The third kappa shape index (κ3) is 5.75. The first-order valence-electron chi connectivity index (χ1n) is 6.36. The van der Waals surface area contributed by atoms with Gasteiger partial charge in [0.25, 0.3) is 0 Å². The predicted octanol–water partition coefficient (Wildman–Crippen LogP) is 3.01. The summed E-state index contributed by atoms with van der Waals surface area (Å²) >= 11 is 0. The standard InChI is InChI=1S/C16H15FN2O.ClH/c17-15-7-2-1-5-13(15)8-9-16(20)19-12-10-14-6-3-4-11-18-14;/h1-9,11H,10,12H2,(H,19,20);1H. The Morgan fingerprint density at radius 2 is 1.95 bits per heavy atom. The molecule has 110 valence electrons. The molecular formula is C16H16ClFN2O. The van der Waals surface area contributed by atoms with Crippen molar-refractivity contribution in [2.45, 2.75) is 6.42 Å². The molecule has 0 saturated carbocycles. The van der Waals surface area contributed by atoms with Crippen molar-refractivity contribution in [1.29, 1.82) is 0 Å². The van der Waals surface area contributed by atoms with Gasteiger partial charge in [-0.2, -0.15) is 0 Å². The number of pyridine rings is 1. The van der Waals surface area contributed by atoms with E-state index in [1.165, 1.54) is 18.2 Å². The fourth-order valence-corrected chi connectivity index (χ4v) is 1.69. The van der Waals surface area contributed by atoms with E-state index >= 15 is 0 Å². The first-order valence-corrected chi connectivity index (χ1v) is 6.36. The molecule has 2 rings (SSSR count). The lowest BCUT2D eigenvalue weighted by molar-refractivity contribution is -0.116. The molecule has 1 amide bonds. The number of rotatable bonds is 5. The molecule has 0 aliphatic heterocycles. The van der Waals surface area contributed by atoms with Crippen LogP contribution >= 0.6 is 12.4 Å². The van der Waals surface area contributed by atoms with Crippen LogP contribution < -0.4 is 5.32 Å². The zero-order valence-electron chi connectivity index (χ0n) is 11.3. The number of hydrogen-bond donors (Lipinski definition) is 1. The van der Waals surface area contributed by atoms with E-state index in [1.807, 2.05) is 18.2 Å². The van der Waals surface area contributed by atoms with Crippen molar-refractivity contribution in [2.24, 2.45) is 0 Å². The molecule has 0 aliphatic rings. The number of amides is 1. The lowest BCUT2D eigenvalue weighted by atomic mass is 10.2. The Balaban J connectivity index is 0.00000220. The van der Waals surface area contributed by atoms with E-state index in [4.69, 9.17) is 0 Å². The molecule has 21 heavy (non-hydrogen) atoms. The summed E-state index contributed by atoms with van der Waals surface area (Å²) in [5.74, 6) is -0.589. The third-order valence-electron chi connectivity index (χ3n) is 2.73. The van der Waals surface area contributed by atoms with Gasteiger partial charge in [-0.25, -0.2) is 4.39 Å². The molecule has 0 atom stereocenters. The fourth-order valence-electron chi connectivity index (χ4n) is 1.69. The largest absolute Gasteiger partial charge is 0.352 e. The molecule has 1 aromatic heterocycles. The first-order chi connectivity index (χ1) is 9.75. The number of hydrogen-bond acceptors (Lipinski definition) is 2. The monoisotopic (exact) mass is 306 g/mol. The summed E-state index contributed by atoms with van der Waals surface area (Å²) in [6.45, 7) is 0.497. The molecule has 0 radical (unpaired) electrons. The van der Waals surface area contributed by atoms with E-state index in [9.17, 15) is 9.18 Å². The van der Waals surface area contributed by atoms with E-state index in [-0.39, 0.29) is 24.1 Å². The fraction of sp³-hybridized carbons (Fsp3) is 0.125. The molecule has 3 nitrogen and oxygen atoms in total. The van der Waals surface area contributed by atoms with Crippen LogP contribution in [-0.4, -0.2) is 17.4 Å². The minimum atomic E-state index is -0.343. The molecule has 2 aromatic rings. The highest BCUT2D eigenvalue weighted by atomic mass is 35.5. The van der Waals surface area contributed by atoms with Crippen LogP contribution in [0.1, 0.15) is 11.3 Å². The summed E-state index contributed by atoms with van der Waals surface area (Å²) in [6.07, 6.45) is 5.18. The van der Waals surface area contributed by atoms with Gasteiger partial charge in [0.05, 0.1) is 0 Å². The predicted molar refractivity (Wildman–Crippen MR) is 83.6 cm³/mol. The van der Waals surface area contributed by atoms with E-state index < -0.39 is 0 Å². The molecule has 0 fully saturated rings. The average molecular weight is 307 g/mol. The van der Waals surface area contributed by atoms with Gasteiger partial charge in [0.15, 0.2) is 0 Å². The first kappa shape index (κ1) is 16.9. The minimum absolute atomic E-state index is 0. The van der Waals surface area contributed by atoms with Crippen molar-refractivity contribution in [1.82, 2.24) is 10.3 Å². The number of nitrogens with one attached hydrogen (secondary N) is 1. The van der Waals surface area contributed by atoms with Crippen LogP contribution in [-0.2, 0) is 11.2 Å². The number of aromatic nitrogens is 1. The van der Waals surface area contributed by atoms with Gasteiger partial charge in [0.2, 0.25) is 5.91 Å². The molecule has 0 aliphatic carbocycles. The Morgan fingerprint density at radius 3 is 2.67 bits per heavy atom. The van der Waals surface area contributed by atoms with Crippen LogP contribution in [0, 0.1) is 5.82 Å². The van der Waals surface area contributed by atoms with Crippen molar-refractivity contribution in [3.05, 3.63) is 71.8 Å². The number of nitrogens with zero attached hydrogens (tertiary/aromatic N) is 1. The maximum atomic E-state index is 13.3. The Bertz CT molecular complexity index is 602. The van der Waals surface area contributed by atoms with Crippen LogP contribution in [0.4, 0.5) is 4.39 Å². The summed E-state index contributed by atoms with van der Waals surface area (Å²) in [4.78, 5) is 15.7. The number of halogens is 2. The zero-order valence-corrected chi connectivity index (χ0v) is 12.1. The second-order valence-electron chi connectivity index (χ2n) is 4.22. The summed E-state index contributed by atoms with van der Waals surface area (Å²) in [5.41, 5.74) is 1.32. The van der Waals surface area contributed by atoms with Crippen molar-refractivity contribution < 1.29 is 9.18 Å². The zero-order chi connectivity index (χ0) is 14.2. The smallest absolute Gasteiger partial charge is 0.244 e. The average Bonchev–Trinajstić information content (AvgIpc) is 2.47. The molecule has 0 unspecified atom stereocenters. The Morgan fingerprint density at radius 1 is 1.19 bits per heavy atom. The highest BCUT2D eigenvalue weighted by Gasteiger charge is 1.99. The van der Waals surface area contributed by atoms with E-state index in [0.29, 0.717) is 18.5 Å². The molecule has 0 bridgehead atoms. The maximum absolute atomic E-state index is 13.3. The van der Waals surface area contributed by atoms with Crippen LogP contribution in [0.5, 0.6) is 0 Å². The summed E-state index contributed by atoms with van der Waals surface area (Å²) in [5, 5.41) is 2.73. The highest BCUT2D eigenvalue weighted by molar-refractivity contribution is 5.91. The summed E-state index contributed by atoms with van der Waals surface area (Å²) in [7, 11) is 0. The van der Waals surface area contributed by atoms with Gasteiger partial charge in [-0.3, -0.25) is 9.78 Å². The number of benzene rings is 1. The molecular weight excluding hydrogens is 291 g/mol. The highest BCUT2D eigenvalue weighted by Crippen LogP contribution is 2.07. The van der Waals surface area contributed by atoms with Gasteiger partial charge in [-0.15, -0.1) is 12.4 Å². The summed E-state index contributed by atoms with van der Waals surface area (Å²) < 4.78 is 13.3. The van der Waals surface area contributed by atoms with E-state index in [1.54, 1.807) is 24.4 Å². The van der Waals surface area contributed by atoms with Crippen molar-refractivity contribution in [3.8, 4) is 0 Å². The van der Waals surface area contributed by atoms with Gasteiger partial charge >= 0.3 is 0 Å². The second kappa shape index (κ2) is 8.87. The van der Waals surface area contributed by atoms with Crippen molar-refractivity contribution >= 4 is 24.4 Å². The van der Waals surface area contributed by atoms with Crippen molar-refractivity contribution in [2.75, 3.05) is 6.54 Å². The molecule has 1 heterocycles. The van der Waals surface area contributed by atoms with Crippen LogP contribution in [0.15, 0.2) is 54.7 Å². The molecule has 5 heteroatoms. The quantitative estimate of drug-likeness (QED) is 0.863. The normalized spacial score (nSPS) is 10.1. The Labute approximate surface area is 129 Å². The van der Waals surface area contributed by atoms with Crippen LogP contribution in [0.2, 0.25) is 0 Å². The molecule has 0 saturated heterocycles.